The van der Waals surface area contributed by atoms with Crippen molar-refractivity contribution in [2.45, 2.75) is 0 Å². The van der Waals surface area contributed by atoms with Gasteiger partial charge in [0.1, 0.15) is 11.5 Å². The van der Waals surface area contributed by atoms with E-state index in [0.29, 0.717) is 17.1 Å². The smallest absolute Gasteiger partial charge is 0.329 e. The molecule has 0 atom stereocenters. The summed E-state index contributed by atoms with van der Waals surface area (Å²) in [6.07, 6.45) is 1.37. The molecule has 0 aliphatic heterocycles. The minimum Gasteiger partial charge on any atom is -0.497 e. The first-order valence-electron chi connectivity index (χ1n) is 5.39. The molecule has 0 bridgehead atoms. The van der Waals surface area contributed by atoms with E-state index in [-0.39, 0.29) is 0 Å². The van der Waals surface area contributed by atoms with Crippen molar-refractivity contribution in [1.82, 2.24) is 10.7 Å². The number of hydrogen-bond donors (Lipinski definition) is 2. The minimum absolute atomic E-state index is 0.539. The van der Waals surface area contributed by atoms with Crippen molar-refractivity contribution in [3.8, 4) is 11.5 Å². The number of rotatable bonds is 4. The van der Waals surface area contributed by atoms with E-state index >= 15 is 0 Å². The maximum atomic E-state index is 11.1. The lowest BCUT2D eigenvalue weighted by molar-refractivity contribution is -0.138. The van der Waals surface area contributed by atoms with Gasteiger partial charge in [0.05, 0.1) is 20.4 Å². The first-order valence-corrected chi connectivity index (χ1v) is 5.39. The number of nitrogens with zero attached hydrogens (tertiary/aromatic N) is 1. The molecule has 0 aliphatic rings. The van der Waals surface area contributed by atoms with E-state index in [2.05, 4.69) is 15.8 Å². The number of amides is 2. The number of nitrogens with one attached hydrogen (secondary N) is 2. The lowest BCUT2D eigenvalue weighted by atomic mass is 10.2. The van der Waals surface area contributed by atoms with Crippen LogP contribution >= 0.6 is 0 Å². The Kier molecular flexibility index (Phi) is 5.34. The molecule has 0 fully saturated rings. The lowest BCUT2D eigenvalue weighted by Crippen LogP contribution is -2.35. The molecule has 2 amide bonds. The van der Waals surface area contributed by atoms with Crippen LogP contribution < -0.4 is 20.2 Å². The van der Waals surface area contributed by atoms with E-state index in [1.165, 1.54) is 20.4 Å². The zero-order chi connectivity index (χ0) is 14.3. The zero-order valence-electron chi connectivity index (χ0n) is 10.9. The maximum Gasteiger partial charge on any atom is 0.329 e. The fourth-order valence-electron chi connectivity index (χ4n) is 1.25. The summed E-state index contributed by atoms with van der Waals surface area (Å²) in [5.74, 6) is -0.425. The number of carbonyl (C=O) groups is 2. The number of carbonyl (C=O) groups excluding carboxylic acids is 2. The predicted molar refractivity (Wildman–Crippen MR) is 69.3 cm³/mol. The van der Waals surface area contributed by atoms with Gasteiger partial charge in [0.25, 0.3) is 0 Å². The largest absolute Gasteiger partial charge is 0.497 e. The first kappa shape index (κ1) is 14.5. The summed E-state index contributed by atoms with van der Waals surface area (Å²) in [4.78, 5) is 22.1. The second-order valence-electron chi connectivity index (χ2n) is 3.39. The van der Waals surface area contributed by atoms with Gasteiger partial charge in [-0.15, -0.1) is 0 Å². The Morgan fingerprint density at radius 2 is 1.95 bits per heavy atom. The highest BCUT2D eigenvalue weighted by molar-refractivity contribution is 6.34. The third kappa shape index (κ3) is 3.98. The number of benzene rings is 1. The molecular formula is C12H15N3O4. The molecule has 0 aliphatic carbocycles. The second kappa shape index (κ2) is 7.00. The normalized spacial score (nSPS) is 10.1. The number of hydrogen-bond acceptors (Lipinski definition) is 5. The van der Waals surface area contributed by atoms with Crippen LogP contribution in [0.4, 0.5) is 0 Å². The Bertz CT molecular complexity index is 500. The van der Waals surface area contributed by atoms with Crippen molar-refractivity contribution in [3.05, 3.63) is 23.8 Å². The SMILES string of the molecule is CNC(=O)C(=O)N/N=C\c1ccc(OC)cc1OC. The second-order valence-corrected chi connectivity index (χ2v) is 3.39. The van der Waals surface area contributed by atoms with Gasteiger partial charge in [-0.05, 0) is 12.1 Å². The summed E-state index contributed by atoms with van der Waals surface area (Å²) in [6.45, 7) is 0. The van der Waals surface area contributed by atoms with Crippen molar-refractivity contribution in [3.63, 3.8) is 0 Å². The average Bonchev–Trinajstić information content (AvgIpc) is 2.46. The van der Waals surface area contributed by atoms with Crippen molar-refractivity contribution < 1.29 is 19.1 Å². The molecule has 1 aromatic carbocycles. The average molecular weight is 265 g/mol. The fourth-order valence-corrected chi connectivity index (χ4v) is 1.25. The summed E-state index contributed by atoms with van der Waals surface area (Å²) in [5, 5.41) is 5.85. The van der Waals surface area contributed by atoms with Crippen molar-refractivity contribution in [2.24, 2.45) is 5.10 Å². The van der Waals surface area contributed by atoms with Crippen LogP contribution in [0, 0.1) is 0 Å². The molecule has 0 heterocycles. The van der Waals surface area contributed by atoms with Crippen LogP contribution in [0.1, 0.15) is 5.56 Å². The number of ether oxygens (including phenoxy) is 2. The van der Waals surface area contributed by atoms with Gasteiger partial charge in [-0.3, -0.25) is 9.59 Å². The van der Waals surface area contributed by atoms with E-state index in [0.717, 1.165) is 0 Å². The van der Waals surface area contributed by atoms with E-state index in [4.69, 9.17) is 9.47 Å². The number of likely N-dealkylation sites (N-methyl/N-ethyl adjacent to an activating group) is 1. The van der Waals surface area contributed by atoms with Crippen LogP contribution in [0.2, 0.25) is 0 Å². The van der Waals surface area contributed by atoms with Crippen LogP contribution in [0.5, 0.6) is 11.5 Å². The van der Waals surface area contributed by atoms with Gasteiger partial charge in [-0.2, -0.15) is 5.10 Å². The molecule has 19 heavy (non-hydrogen) atoms. The number of methoxy groups -OCH3 is 2. The topological polar surface area (TPSA) is 89.0 Å². The van der Waals surface area contributed by atoms with Crippen LogP contribution in [0.15, 0.2) is 23.3 Å². The Hall–Kier alpha value is -2.57. The van der Waals surface area contributed by atoms with E-state index in [9.17, 15) is 9.59 Å². The summed E-state index contributed by atoms with van der Waals surface area (Å²) >= 11 is 0. The molecular weight excluding hydrogens is 250 g/mol. The molecule has 0 saturated carbocycles. The Morgan fingerprint density at radius 1 is 1.21 bits per heavy atom. The third-order valence-electron chi connectivity index (χ3n) is 2.24. The highest BCUT2D eigenvalue weighted by Crippen LogP contribution is 2.22. The molecule has 0 spiro atoms. The summed E-state index contributed by atoms with van der Waals surface area (Å²) in [7, 11) is 4.42. The molecule has 7 heteroatoms. The highest BCUT2D eigenvalue weighted by atomic mass is 16.5. The van der Waals surface area contributed by atoms with Gasteiger partial charge in [0, 0.05) is 18.7 Å². The molecule has 102 valence electrons. The molecule has 2 N–H and O–H groups in total. The summed E-state index contributed by atoms with van der Waals surface area (Å²) < 4.78 is 10.2. The monoisotopic (exact) mass is 265 g/mol. The van der Waals surface area contributed by atoms with Crippen molar-refractivity contribution in [2.75, 3.05) is 21.3 Å². The quantitative estimate of drug-likeness (QED) is 0.452. The van der Waals surface area contributed by atoms with Gasteiger partial charge in [-0.25, -0.2) is 5.43 Å². The van der Waals surface area contributed by atoms with E-state index in [1.807, 2.05) is 0 Å². The lowest BCUT2D eigenvalue weighted by Gasteiger charge is -2.06. The zero-order valence-corrected chi connectivity index (χ0v) is 10.9. The third-order valence-corrected chi connectivity index (χ3v) is 2.24. The Morgan fingerprint density at radius 3 is 2.53 bits per heavy atom. The standard InChI is InChI=1S/C12H15N3O4/c1-13-11(16)12(17)15-14-7-8-4-5-9(18-2)6-10(8)19-3/h4-7H,1-3H3,(H,13,16)(H,15,17)/b14-7-. The fraction of sp³-hybridized carbons (Fsp3) is 0.250. The maximum absolute atomic E-state index is 11.1. The summed E-state index contributed by atoms with van der Waals surface area (Å²) in [6, 6.07) is 5.12. The Balaban J connectivity index is 2.76. The molecule has 0 unspecified atom stereocenters. The molecule has 7 nitrogen and oxygen atoms in total. The van der Waals surface area contributed by atoms with Crippen LogP contribution in [-0.4, -0.2) is 39.3 Å². The molecule has 0 radical (unpaired) electrons. The van der Waals surface area contributed by atoms with Crippen LogP contribution in [0.3, 0.4) is 0 Å². The molecule has 1 aromatic rings. The number of hydrazone groups is 1. The van der Waals surface area contributed by atoms with E-state index in [1.54, 1.807) is 25.3 Å². The van der Waals surface area contributed by atoms with Gasteiger partial charge in [0.2, 0.25) is 0 Å². The van der Waals surface area contributed by atoms with Gasteiger partial charge < -0.3 is 14.8 Å². The predicted octanol–water partition coefficient (Wildman–Crippen LogP) is -0.100. The molecule has 1 rings (SSSR count). The van der Waals surface area contributed by atoms with Crippen molar-refractivity contribution >= 4 is 18.0 Å². The first-order chi connectivity index (χ1) is 9.12. The highest BCUT2D eigenvalue weighted by Gasteiger charge is 2.09. The van der Waals surface area contributed by atoms with Crippen molar-refractivity contribution in [1.29, 1.82) is 0 Å². The summed E-state index contributed by atoms with van der Waals surface area (Å²) in [5.41, 5.74) is 2.73. The van der Waals surface area contributed by atoms with Crippen LogP contribution in [-0.2, 0) is 9.59 Å². The van der Waals surface area contributed by atoms with Gasteiger partial charge in [-0.1, -0.05) is 0 Å². The van der Waals surface area contributed by atoms with Gasteiger partial charge >= 0.3 is 11.8 Å². The minimum atomic E-state index is -0.841. The van der Waals surface area contributed by atoms with E-state index < -0.39 is 11.8 Å². The Labute approximate surface area is 110 Å². The molecule has 0 saturated heterocycles. The molecule has 0 aromatic heterocycles. The van der Waals surface area contributed by atoms with Gasteiger partial charge in [0.15, 0.2) is 0 Å². The van der Waals surface area contributed by atoms with Crippen LogP contribution in [0.25, 0.3) is 0 Å².